The van der Waals surface area contributed by atoms with Gasteiger partial charge in [0.05, 0.1) is 7.11 Å². The molecule has 0 aliphatic heterocycles. The monoisotopic (exact) mass is 281 g/mol. The molecule has 0 saturated heterocycles. The van der Waals surface area contributed by atoms with E-state index in [9.17, 15) is 8.78 Å². The van der Waals surface area contributed by atoms with Gasteiger partial charge in [-0.25, -0.2) is 8.78 Å². The topological polar surface area (TPSA) is 35.2 Å². The molecule has 0 bridgehead atoms. The van der Waals surface area contributed by atoms with E-state index in [2.05, 4.69) is 0 Å². The molecule has 0 aliphatic rings. The highest BCUT2D eigenvalue weighted by Gasteiger charge is 2.07. The van der Waals surface area contributed by atoms with Crippen LogP contribution in [-0.4, -0.2) is 7.11 Å². The first kappa shape index (κ1) is 13.7. The first-order valence-electron chi connectivity index (χ1n) is 5.60. The maximum atomic E-state index is 13.2. The molecule has 5 heteroatoms. The lowest BCUT2D eigenvalue weighted by Gasteiger charge is -2.09. The van der Waals surface area contributed by atoms with Crippen LogP contribution in [0.4, 0.5) is 14.5 Å². The molecule has 2 N–H and O–H groups in total. The summed E-state index contributed by atoms with van der Waals surface area (Å²) in [7, 11) is 1.54. The molecule has 2 aromatic carbocycles. The number of thioether (sulfide) groups is 1. The van der Waals surface area contributed by atoms with Crippen molar-refractivity contribution in [2.45, 2.75) is 10.6 Å². The maximum absolute atomic E-state index is 13.2. The van der Waals surface area contributed by atoms with E-state index in [1.165, 1.54) is 43.1 Å². The second-order valence-corrected chi connectivity index (χ2v) is 4.94. The minimum absolute atomic E-state index is 0.316. The lowest BCUT2D eigenvalue weighted by molar-refractivity contribution is 0.410. The van der Waals surface area contributed by atoms with Crippen LogP contribution in [-0.2, 0) is 5.75 Å². The number of halogens is 2. The lowest BCUT2D eigenvalue weighted by Crippen LogP contribution is -1.93. The Labute approximate surface area is 114 Å². The van der Waals surface area contributed by atoms with Crippen LogP contribution in [0.1, 0.15) is 5.56 Å². The van der Waals surface area contributed by atoms with Gasteiger partial charge in [0.25, 0.3) is 0 Å². The molecule has 0 atom stereocenters. The average Bonchev–Trinajstić information content (AvgIpc) is 2.38. The van der Waals surface area contributed by atoms with Gasteiger partial charge >= 0.3 is 0 Å². The second kappa shape index (κ2) is 5.93. The Kier molecular flexibility index (Phi) is 4.27. The molecule has 2 aromatic rings. The molecule has 0 aliphatic carbocycles. The first-order chi connectivity index (χ1) is 9.10. The van der Waals surface area contributed by atoms with Crippen LogP contribution < -0.4 is 10.5 Å². The number of methoxy groups -OCH3 is 1. The van der Waals surface area contributed by atoms with Crippen molar-refractivity contribution in [3.05, 3.63) is 53.6 Å². The van der Waals surface area contributed by atoms with Gasteiger partial charge in [0, 0.05) is 21.9 Å². The van der Waals surface area contributed by atoms with Gasteiger partial charge < -0.3 is 10.5 Å². The maximum Gasteiger partial charge on any atom is 0.125 e. The quantitative estimate of drug-likeness (QED) is 0.683. The molecule has 0 spiro atoms. The molecule has 0 heterocycles. The van der Waals surface area contributed by atoms with Crippen molar-refractivity contribution in [3.63, 3.8) is 0 Å². The van der Waals surface area contributed by atoms with E-state index in [1.807, 2.05) is 0 Å². The summed E-state index contributed by atoms with van der Waals surface area (Å²) in [6.45, 7) is 0. The normalized spacial score (nSPS) is 10.5. The second-order valence-electron chi connectivity index (χ2n) is 3.93. The summed E-state index contributed by atoms with van der Waals surface area (Å²) < 4.78 is 31.3. The van der Waals surface area contributed by atoms with Gasteiger partial charge in [-0.2, -0.15) is 0 Å². The molecule has 19 heavy (non-hydrogen) atoms. The molecule has 0 saturated carbocycles. The fourth-order valence-electron chi connectivity index (χ4n) is 1.67. The number of benzene rings is 2. The molecular formula is C14H13F2NOS. The number of nitrogen functional groups attached to an aromatic ring is 1. The van der Waals surface area contributed by atoms with Crippen LogP contribution in [0.15, 0.2) is 41.3 Å². The highest BCUT2D eigenvalue weighted by molar-refractivity contribution is 7.98. The molecule has 2 nitrogen and oxygen atoms in total. The lowest BCUT2D eigenvalue weighted by atomic mass is 10.2. The van der Waals surface area contributed by atoms with Gasteiger partial charge in [-0.05, 0) is 36.4 Å². The van der Waals surface area contributed by atoms with Crippen molar-refractivity contribution in [3.8, 4) is 5.75 Å². The van der Waals surface area contributed by atoms with Crippen LogP contribution in [0.2, 0.25) is 0 Å². The van der Waals surface area contributed by atoms with E-state index in [0.717, 1.165) is 10.5 Å². The van der Waals surface area contributed by atoms with E-state index in [-0.39, 0.29) is 11.6 Å². The average molecular weight is 281 g/mol. The van der Waals surface area contributed by atoms with Gasteiger partial charge in [-0.1, -0.05) is 0 Å². The first-order valence-corrected chi connectivity index (χ1v) is 6.59. The van der Waals surface area contributed by atoms with Crippen LogP contribution in [0.3, 0.4) is 0 Å². The van der Waals surface area contributed by atoms with Crippen LogP contribution in [0.5, 0.6) is 5.75 Å². The van der Waals surface area contributed by atoms with Crippen molar-refractivity contribution in [1.29, 1.82) is 0 Å². The summed E-state index contributed by atoms with van der Waals surface area (Å²) in [5.41, 5.74) is 6.83. The highest BCUT2D eigenvalue weighted by atomic mass is 32.2. The van der Waals surface area contributed by atoms with Crippen molar-refractivity contribution >= 4 is 17.4 Å². The molecule has 0 fully saturated rings. The van der Waals surface area contributed by atoms with E-state index in [1.54, 1.807) is 12.1 Å². The van der Waals surface area contributed by atoms with Gasteiger partial charge in [0.15, 0.2) is 0 Å². The van der Waals surface area contributed by atoms with Crippen molar-refractivity contribution < 1.29 is 13.5 Å². The number of ether oxygens (including phenoxy) is 1. The summed E-state index contributed by atoms with van der Waals surface area (Å²) in [6, 6.07) is 8.58. The van der Waals surface area contributed by atoms with Gasteiger partial charge in [-0.3, -0.25) is 0 Å². The van der Waals surface area contributed by atoms with Gasteiger partial charge in [0.2, 0.25) is 0 Å². The number of anilines is 1. The third kappa shape index (κ3) is 3.38. The fraction of sp³-hybridized carbons (Fsp3) is 0.143. The number of rotatable bonds is 4. The standard InChI is InChI=1S/C14H13F2NOS/c1-18-13-4-2-10(15)6-9(13)8-19-14-5-3-11(16)7-12(14)17/h2-7H,8,17H2,1H3. The summed E-state index contributed by atoms with van der Waals surface area (Å²) >= 11 is 1.41. The smallest absolute Gasteiger partial charge is 0.125 e. The summed E-state index contributed by atoms with van der Waals surface area (Å²) in [5.74, 6) is 0.430. The Morgan fingerprint density at radius 1 is 1.11 bits per heavy atom. The Hall–Kier alpha value is -1.75. The van der Waals surface area contributed by atoms with Crippen LogP contribution >= 0.6 is 11.8 Å². The number of hydrogen-bond donors (Lipinski definition) is 1. The van der Waals surface area contributed by atoms with E-state index in [0.29, 0.717) is 17.2 Å². The molecular weight excluding hydrogens is 268 g/mol. The Morgan fingerprint density at radius 2 is 1.79 bits per heavy atom. The van der Waals surface area contributed by atoms with E-state index >= 15 is 0 Å². The SMILES string of the molecule is COc1ccc(F)cc1CSc1ccc(F)cc1N. The third-order valence-corrected chi connectivity index (χ3v) is 3.74. The zero-order chi connectivity index (χ0) is 13.8. The zero-order valence-corrected chi connectivity index (χ0v) is 11.1. The summed E-state index contributed by atoms with van der Waals surface area (Å²) in [5, 5.41) is 0. The molecule has 0 aromatic heterocycles. The summed E-state index contributed by atoms with van der Waals surface area (Å²) in [6.07, 6.45) is 0. The summed E-state index contributed by atoms with van der Waals surface area (Å²) in [4.78, 5) is 0.757. The largest absolute Gasteiger partial charge is 0.496 e. The van der Waals surface area contributed by atoms with Gasteiger partial charge in [0.1, 0.15) is 17.4 Å². The molecule has 100 valence electrons. The minimum Gasteiger partial charge on any atom is -0.496 e. The molecule has 0 radical (unpaired) electrons. The molecule has 0 unspecified atom stereocenters. The molecule has 2 rings (SSSR count). The Morgan fingerprint density at radius 3 is 2.47 bits per heavy atom. The van der Waals surface area contributed by atoms with Crippen molar-refractivity contribution in [1.82, 2.24) is 0 Å². The predicted molar refractivity (Wildman–Crippen MR) is 73.3 cm³/mol. The van der Waals surface area contributed by atoms with E-state index in [4.69, 9.17) is 10.5 Å². The molecule has 0 amide bonds. The van der Waals surface area contributed by atoms with Crippen molar-refractivity contribution in [2.75, 3.05) is 12.8 Å². The Balaban J connectivity index is 2.16. The minimum atomic E-state index is -0.370. The number of hydrogen-bond acceptors (Lipinski definition) is 3. The van der Waals surface area contributed by atoms with E-state index < -0.39 is 0 Å². The zero-order valence-electron chi connectivity index (χ0n) is 10.3. The number of nitrogens with two attached hydrogens (primary N) is 1. The third-order valence-electron chi connectivity index (χ3n) is 2.60. The predicted octanol–water partition coefficient (Wildman–Crippen LogP) is 3.85. The Bertz CT molecular complexity index is 590. The van der Waals surface area contributed by atoms with Gasteiger partial charge in [-0.15, -0.1) is 11.8 Å². The fourth-order valence-corrected chi connectivity index (χ4v) is 2.59. The highest BCUT2D eigenvalue weighted by Crippen LogP contribution is 2.31. The van der Waals surface area contributed by atoms with Crippen LogP contribution in [0.25, 0.3) is 0 Å². The van der Waals surface area contributed by atoms with Crippen LogP contribution in [0, 0.1) is 11.6 Å². The van der Waals surface area contributed by atoms with Crippen molar-refractivity contribution in [2.24, 2.45) is 0 Å².